The van der Waals surface area contributed by atoms with E-state index in [2.05, 4.69) is 15.9 Å². The number of rotatable bonds is 6. The second-order valence-corrected chi connectivity index (χ2v) is 3.77. The number of benzene rings is 1. The molecule has 1 aromatic rings. The van der Waals surface area contributed by atoms with Gasteiger partial charge in [0.2, 0.25) is 0 Å². The highest BCUT2D eigenvalue weighted by Gasteiger charge is 2.08. The van der Waals surface area contributed by atoms with Crippen LogP contribution in [0.15, 0.2) is 18.2 Å². The van der Waals surface area contributed by atoms with Gasteiger partial charge in [0.05, 0.1) is 13.7 Å². The molecular formula is C12H15BrO4. The zero-order chi connectivity index (χ0) is 12.7. The molecule has 17 heavy (non-hydrogen) atoms. The van der Waals surface area contributed by atoms with Crippen LogP contribution in [0, 0.1) is 0 Å². The summed E-state index contributed by atoms with van der Waals surface area (Å²) in [5, 5.41) is 0.738. The Morgan fingerprint density at radius 3 is 2.71 bits per heavy atom. The molecule has 94 valence electrons. The van der Waals surface area contributed by atoms with E-state index in [-0.39, 0.29) is 12.6 Å². The van der Waals surface area contributed by atoms with Crippen LogP contribution >= 0.6 is 15.9 Å². The van der Waals surface area contributed by atoms with E-state index in [0.717, 1.165) is 10.9 Å². The number of alkyl halides is 1. The Morgan fingerprint density at radius 1 is 1.35 bits per heavy atom. The topological polar surface area (TPSA) is 44.8 Å². The summed E-state index contributed by atoms with van der Waals surface area (Å²) >= 11 is 3.36. The van der Waals surface area contributed by atoms with E-state index in [1.807, 2.05) is 12.1 Å². The molecule has 0 unspecified atom stereocenters. The number of ether oxygens (including phenoxy) is 3. The zero-order valence-electron chi connectivity index (χ0n) is 9.86. The molecule has 0 heterocycles. The van der Waals surface area contributed by atoms with Gasteiger partial charge < -0.3 is 14.2 Å². The summed E-state index contributed by atoms with van der Waals surface area (Å²) in [5.41, 5.74) is 1.07. The first-order valence-electron chi connectivity index (χ1n) is 5.22. The first-order valence-corrected chi connectivity index (χ1v) is 6.34. The molecule has 0 radical (unpaired) electrons. The number of carbonyl (C=O) groups is 1. The fourth-order valence-electron chi connectivity index (χ4n) is 1.25. The maximum atomic E-state index is 11.1. The Labute approximate surface area is 109 Å². The third kappa shape index (κ3) is 4.26. The van der Waals surface area contributed by atoms with Crippen molar-refractivity contribution in [1.82, 2.24) is 0 Å². The van der Waals surface area contributed by atoms with Crippen LogP contribution in [0.1, 0.15) is 12.5 Å². The molecule has 0 N–H and O–H groups in total. The van der Waals surface area contributed by atoms with Crippen LogP contribution < -0.4 is 9.47 Å². The first kappa shape index (κ1) is 13.8. The smallest absolute Gasteiger partial charge is 0.344 e. The molecule has 0 aliphatic carbocycles. The molecule has 0 aromatic heterocycles. The van der Waals surface area contributed by atoms with E-state index in [9.17, 15) is 4.79 Å². The molecule has 4 nitrogen and oxygen atoms in total. The molecule has 0 saturated heterocycles. The molecule has 0 atom stereocenters. The lowest BCUT2D eigenvalue weighted by Gasteiger charge is -2.11. The predicted octanol–water partition coefficient (Wildman–Crippen LogP) is 2.53. The number of esters is 1. The molecule has 0 bridgehead atoms. The Bertz CT molecular complexity index is 379. The van der Waals surface area contributed by atoms with Gasteiger partial charge in [-0.3, -0.25) is 0 Å². The standard InChI is InChI=1S/C12H15BrO4/c1-3-16-12(14)8-17-10-5-4-9(7-13)6-11(10)15-2/h4-6H,3,7-8H2,1-2H3. The summed E-state index contributed by atoms with van der Waals surface area (Å²) in [6, 6.07) is 5.53. The van der Waals surface area contributed by atoms with Crippen LogP contribution in [0.25, 0.3) is 0 Å². The second kappa shape index (κ2) is 7.17. The fourth-order valence-corrected chi connectivity index (χ4v) is 1.60. The van der Waals surface area contributed by atoms with Gasteiger partial charge in [0, 0.05) is 5.33 Å². The Morgan fingerprint density at radius 2 is 2.12 bits per heavy atom. The minimum absolute atomic E-state index is 0.113. The normalized spacial score (nSPS) is 9.82. The highest BCUT2D eigenvalue weighted by Crippen LogP contribution is 2.28. The van der Waals surface area contributed by atoms with Crippen molar-refractivity contribution < 1.29 is 19.0 Å². The monoisotopic (exact) mass is 302 g/mol. The zero-order valence-corrected chi connectivity index (χ0v) is 11.5. The van der Waals surface area contributed by atoms with E-state index < -0.39 is 0 Å². The largest absolute Gasteiger partial charge is 0.493 e. The highest BCUT2D eigenvalue weighted by molar-refractivity contribution is 9.08. The molecular weight excluding hydrogens is 288 g/mol. The first-order chi connectivity index (χ1) is 8.21. The molecule has 0 fully saturated rings. The Balaban J connectivity index is 2.67. The maximum absolute atomic E-state index is 11.1. The number of halogens is 1. The summed E-state index contributed by atoms with van der Waals surface area (Å²) in [6.07, 6.45) is 0. The maximum Gasteiger partial charge on any atom is 0.344 e. The van der Waals surface area contributed by atoms with Crippen molar-refractivity contribution >= 4 is 21.9 Å². The van der Waals surface area contributed by atoms with Gasteiger partial charge in [-0.2, -0.15) is 0 Å². The van der Waals surface area contributed by atoms with E-state index >= 15 is 0 Å². The number of hydrogen-bond donors (Lipinski definition) is 0. The van der Waals surface area contributed by atoms with Crippen LogP contribution in [0.2, 0.25) is 0 Å². The molecule has 0 aliphatic rings. The van der Waals surface area contributed by atoms with Crippen molar-refractivity contribution in [2.75, 3.05) is 20.3 Å². The molecule has 1 rings (SSSR count). The lowest BCUT2D eigenvalue weighted by Crippen LogP contribution is -2.14. The van der Waals surface area contributed by atoms with Gasteiger partial charge in [0.25, 0.3) is 0 Å². The number of carbonyl (C=O) groups excluding carboxylic acids is 1. The minimum Gasteiger partial charge on any atom is -0.493 e. The van der Waals surface area contributed by atoms with Crippen molar-refractivity contribution in [2.45, 2.75) is 12.3 Å². The van der Waals surface area contributed by atoms with Gasteiger partial charge in [-0.15, -0.1) is 0 Å². The van der Waals surface area contributed by atoms with Crippen molar-refractivity contribution in [3.63, 3.8) is 0 Å². The van der Waals surface area contributed by atoms with Crippen LogP contribution in [0.3, 0.4) is 0 Å². The lowest BCUT2D eigenvalue weighted by molar-refractivity contribution is -0.145. The average Bonchev–Trinajstić information content (AvgIpc) is 2.36. The van der Waals surface area contributed by atoms with Crippen molar-refractivity contribution in [2.24, 2.45) is 0 Å². The van der Waals surface area contributed by atoms with E-state index in [0.29, 0.717) is 18.1 Å². The summed E-state index contributed by atoms with van der Waals surface area (Å²) in [6.45, 7) is 1.99. The lowest BCUT2D eigenvalue weighted by atomic mass is 10.2. The van der Waals surface area contributed by atoms with Crippen LogP contribution in [0.4, 0.5) is 0 Å². The SMILES string of the molecule is CCOC(=O)COc1ccc(CBr)cc1OC. The van der Waals surface area contributed by atoms with Gasteiger partial charge in [0.15, 0.2) is 18.1 Å². The summed E-state index contributed by atoms with van der Waals surface area (Å²) in [5.74, 6) is 0.746. The van der Waals surface area contributed by atoms with Gasteiger partial charge >= 0.3 is 5.97 Å². The molecule has 0 spiro atoms. The van der Waals surface area contributed by atoms with Gasteiger partial charge in [-0.1, -0.05) is 22.0 Å². The van der Waals surface area contributed by atoms with E-state index in [4.69, 9.17) is 14.2 Å². The van der Waals surface area contributed by atoms with Crippen LogP contribution in [0.5, 0.6) is 11.5 Å². The van der Waals surface area contributed by atoms with Gasteiger partial charge in [0.1, 0.15) is 0 Å². The summed E-state index contributed by atoms with van der Waals surface area (Å²) < 4.78 is 15.3. The van der Waals surface area contributed by atoms with Crippen LogP contribution in [-0.4, -0.2) is 26.3 Å². The third-order valence-electron chi connectivity index (χ3n) is 2.03. The van der Waals surface area contributed by atoms with E-state index in [1.165, 1.54) is 0 Å². The number of methoxy groups -OCH3 is 1. The molecule has 5 heteroatoms. The molecule has 0 saturated carbocycles. The number of hydrogen-bond acceptors (Lipinski definition) is 4. The summed E-state index contributed by atoms with van der Waals surface area (Å²) in [4.78, 5) is 11.1. The second-order valence-electron chi connectivity index (χ2n) is 3.21. The molecule has 0 aliphatic heterocycles. The fraction of sp³-hybridized carbons (Fsp3) is 0.417. The van der Waals surface area contributed by atoms with Gasteiger partial charge in [-0.05, 0) is 24.6 Å². The van der Waals surface area contributed by atoms with Gasteiger partial charge in [-0.25, -0.2) is 4.79 Å². The van der Waals surface area contributed by atoms with Crippen molar-refractivity contribution in [1.29, 1.82) is 0 Å². The van der Waals surface area contributed by atoms with Crippen LogP contribution in [-0.2, 0) is 14.9 Å². The quantitative estimate of drug-likeness (QED) is 0.598. The minimum atomic E-state index is -0.390. The average molecular weight is 303 g/mol. The van der Waals surface area contributed by atoms with E-state index in [1.54, 1.807) is 20.1 Å². The molecule has 0 amide bonds. The van der Waals surface area contributed by atoms with Crippen molar-refractivity contribution in [3.8, 4) is 11.5 Å². The Kier molecular flexibility index (Phi) is 5.83. The van der Waals surface area contributed by atoms with Crippen molar-refractivity contribution in [3.05, 3.63) is 23.8 Å². The Hall–Kier alpha value is -1.23. The highest BCUT2D eigenvalue weighted by atomic mass is 79.9. The molecule has 1 aromatic carbocycles. The predicted molar refractivity (Wildman–Crippen MR) is 67.8 cm³/mol. The summed E-state index contributed by atoms with van der Waals surface area (Å²) in [7, 11) is 1.56. The third-order valence-corrected chi connectivity index (χ3v) is 2.68.